The molecule has 0 heterocycles. The van der Waals surface area contributed by atoms with E-state index in [0.29, 0.717) is 12.0 Å². The molecule has 0 bridgehead atoms. The Bertz CT molecular complexity index is 737. The molecule has 9 heteroatoms. The van der Waals surface area contributed by atoms with E-state index in [4.69, 9.17) is 0 Å². The molecule has 1 rings (SSSR count). The van der Waals surface area contributed by atoms with Crippen LogP contribution < -0.4 is 10.0 Å². The second-order valence-corrected chi connectivity index (χ2v) is 8.00. The van der Waals surface area contributed by atoms with Crippen molar-refractivity contribution in [3.63, 3.8) is 0 Å². The van der Waals surface area contributed by atoms with Gasteiger partial charge < -0.3 is 14.8 Å². The van der Waals surface area contributed by atoms with Gasteiger partial charge in [-0.3, -0.25) is 0 Å². The lowest BCUT2D eigenvalue weighted by atomic mass is 10.1. The van der Waals surface area contributed by atoms with Crippen LogP contribution in [0.25, 0.3) is 0 Å². The molecule has 1 aromatic rings. The number of carbonyl (C=O) groups is 2. The molecule has 0 atom stereocenters. The number of alkyl carbamates (subject to hydrolysis) is 1. The van der Waals surface area contributed by atoms with Gasteiger partial charge in [0, 0.05) is 12.1 Å². The SMILES string of the molecule is COC(=O)NCCc1ccc(C(=O)OC)c(S(=O)(=O)NC(C)(C)C)c1. The minimum atomic E-state index is -3.94. The van der Waals surface area contributed by atoms with Crippen LogP contribution in [-0.4, -0.2) is 46.8 Å². The van der Waals surface area contributed by atoms with Gasteiger partial charge >= 0.3 is 12.1 Å². The van der Waals surface area contributed by atoms with Crippen LogP contribution in [0.4, 0.5) is 4.79 Å². The third-order valence-corrected chi connectivity index (χ3v) is 4.85. The van der Waals surface area contributed by atoms with E-state index in [1.807, 2.05) is 0 Å². The zero-order valence-electron chi connectivity index (χ0n) is 15.0. The van der Waals surface area contributed by atoms with Crippen LogP contribution in [0.15, 0.2) is 23.1 Å². The first-order valence-corrected chi connectivity index (χ1v) is 9.05. The van der Waals surface area contributed by atoms with Crippen molar-refractivity contribution in [2.45, 2.75) is 37.6 Å². The number of hydrogen-bond donors (Lipinski definition) is 2. The molecule has 0 aliphatic rings. The van der Waals surface area contributed by atoms with Crippen molar-refractivity contribution in [3.8, 4) is 0 Å². The van der Waals surface area contributed by atoms with Crippen LogP contribution in [0.2, 0.25) is 0 Å². The number of ether oxygens (including phenoxy) is 2. The first-order chi connectivity index (χ1) is 11.5. The van der Waals surface area contributed by atoms with Crippen molar-refractivity contribution in [2.24, 2.45) is 0 Å². The first kappa shape index (κ1) is 20.9. The Kier molecular flexibility index (Phi) is 6.95. The number of carbonyl (C=O) groups excluding carboxylic acids is 2. The number of esters is 1. The van der Waals surface area contributed by atoms with E-state index in [1.165, 1.54) is 26.4 Å². The molecule has 0 saturated carbocycles. The number of amides is 1. The average Bonchev–Trinajstić information content (AvgIpc) is 2.51. The summed E-state index contributed by atoms with van der Waals surface area (Å²) < 4.78 is 37.0. The summed E-state index contributed by atoms with van der Waals surface area (Å²) in [6, 6.07) is 4.41. The third kappa shape index (κ3) is 6.35. The molecule has 0 fully saturated rings. The largest absolute Gasteiger partial charge is 0.465 e. The van der Waals surface area contributed by atoms with Crippen molar-refractivity contribution < 1.29 is 27.5 Å². The lowest BCUT2D eigenvalue weighted by molar-refractivity contribution is 0.0596. The lowest BCUT2D eigenvalue weighted by Gasteiger charge is -2.21. The van der Waals surface area contributed by atoms with Gasteiger partial charge in [-0.25, -0.2) is 22.7 Å². The zero-order chi connectivity index (χ0) is 19.3. The van der Waals surface area contributed by atoms with Gasteiger partial charge in [-0.15, -0.1) is 0 Å². The molecule has 0 spiro atoms. The number of nitrogens with one attached hydrogen (secondary N) is 2. The number of rotatable bonds is 6. The number of hydrogen-bond acceptors (Lipinski definition) is 6. The fourth-order valence-corrected chi connectivity index (χ4v) is 3.73. The van der Waals surface area contributed by atoms with E-state index in [-0.39, 0.29) is 17.0 Å². The van der Waals surface area contributed by atoms with E-state index >= 15 is 0 Å². The highest BCUT2D eigenvalue weighted by Crippen LogP contribution is 2.21. The Morgan fingerprint density at radius 2 is 1.76 bits per heavy atom. The summed E-state index contributed by atoms with van der Waals surface area (Å²) >= 11 is 0. The summed E-state index contributed by atoms with van der Waals surface area (Å²) in [5.41, 5.74) is -0.128. The van der Waals surface area contributed by atoms with Crippen LogP contribution in [0.3, 0.4) is 0 Å². The van der Waals surface area contributed by atoms with Crippen molar-refractivity contribution in [2.75, 3.05) is 20.8 Å². The molecule has 140 valence electrons. The van der Waals surface area contributed by atoms with E-state index in [9.17, 15) is 18.0 Å². The quantitative estimate of drug-likeness (QED) is 0.731. The summed E-state index contributed by atoms with van der Waals surface area (Å²) in [6.45, 7) is 5.36. The minimum Gasteiger partial charge on any atom is -0.465 e. The molecule has 8 nitrogen and oxygen atoms in total. The molecule has 0 aliphatic carbocycles. The van der Waals surface area contributed by atoms with E-state index in [0.717, 1.165) is 0 Å². The van der Waals surface area contributed by atoms with E-state index in [2.05, 4.69) is 19.5 Å². The fourth-order valence-electron chi connectivity index (χ4n) is 2.06. The predicted octanol–water partition coefficient (Wildman–Crippen LogP) is 1.45. The predicted molar refractivity (Wildman–Crippen MR) is 92.0 cm³/mol. The summed E-state index contributed by atoms with van der Waals surface area (Å²) in [7, 11) is -1.50. The van der Waals surface area contributed by atoms with Gasteiger partial charge in [-0.2, -0.15) is 0 Å². The molecule has 25 heavy (non-hydrogen) atoms. The van der Waals surface area contributed by atoms with Gasteiger partial charge in [0.1, 0.15) is 0 Å². The molecular weight excluding hydrogens is 348 g/mol. The molecule has 0 aliphatic heterocycles. The maximum atomic E-state index is 12.7. The zero-order valence-corrected chi connectivity index (χ0v) is 15.8. The highest BCUT2D eigenvalue weighted by Gasteiger charge is 2.27. The van der Waals surface area contributed by atoms with Crippen molar-refractivity contribution in [1.29, 1.82) is 0 Å². The molecule has 0 aromatic heterocycles. The highest BCUT2D eigenvalue weighted by atomic mass is 32.2. The minimum absolute atomic E-state index is 0.0519. The van der Waals surface area contributed by atoms with Crippen LogP contribution in [0.5, 0.6) is 0 Å². The number of sulfonamides is 1. The van der Waals surface area contributed by atoms with Crippen LogP contribution in [-0.2, 0) is 25.9 Å². The average molecular weight is 372 g/mol. The molecular formula is C16H24N2O6S. The smallest absolute Gasteiger partial charge is 0.406 e. The van der Waals surface area contributed by atoms with Gasteiger partial charge in [0.2, 0.25) is 10.0 Å². The maximum Gasteiger partial charge on any atom is 0.406 e. The van der Waals surface area contributed by atoms with Crippen molar-refractivity contribution in [1.82, 2.24) is 10.0 Å². The monoisotopic (exact) mass is 372 g/mol. The van der Waals surface area contributed by atoms with Crippen molar-refractivity contribution >= 4 is 22.1 Å². The second-order valence-electron chi connectivity index (χ2n) is 6.35. The van der Waals surface area contributed by atoms with Gasteiger partial charge in [0.05, 0.1) is 24.7 Å². The Morgan fingerprint density at radius 3 is 2.28 bits per heavy atom. The summed E-state index contributed by atoms with van der Waals surface area (Å²) in [4.78, 5) is 22.8. The van der Waals surface area contributed by atoms with Gasteiger partial charge in [-0.1, -0.05) is 6.07 Å². The second kappa shape index (κ2) is 8.30. The first-order valence-electron chi connectivity index (χ1n) is 7.57. The van der Waals surface area contributed by atoms with Crippen LogP contribution in [0.1, 0.15) is 36.7 Å². The molecule has 1 amide bonds. The summed E-state index contributed by atoms with van der Waals surface area (Å²) in [5, 5.41) is 2.51. The molecule has 0 unspecified atom stereocenters. The Morgan fingerprint density at radius 1 is 1.12 bits per heavy atom. The third-order valence-electron chi connectivity index (χ3n) is 3.05. The van der Waals surface area contributed by atoms with Gasteiger partial charge in [0.25, 0.3) is 0 Å². The summed E-state index contributed by atoms with van der Waals surface area (Å²) in [5.74, 6) is -0.742. The van der Waals surface area contributed by atoms with E-state index in [1.54, 1.807) is 26.8 Å². The maximum absolute atomic E-state index is 12.7. The van der Waals surface area contributed by atoms with Crippen molar-refractivity contribution in [3.05, 3.63) is 29.3 Å². The van der Waals surface area contributed by atoms with Gasteiger partial charge in [0.15, 0.2) is 0 Å². The number of benzene rings is 1. The highest BCUT2D eigenvalue weighted by molar-refractivity contribution is 7.89. The normalized spacial score (nSPS) is 11.7. The molecule has 0 saturated heterocycles. The number of methoxy groups -OCH3 is 2. The van der Waals surface area contributed by atoms with Gasteiger partial charge in [-0.05, 0) is 44.9 Å². The fraction of sp³-hybridized carbons (Fsp3) is 0.500. The standard InChI is InChI=1S/C16H24N2O6S/c1-16(2,3)18-25(21,22)13-10-11(8-9-17-15(20)24-5)6-7-12(13)14(19)23-4/h6-7,10,18H,8-9H2,1-5H3,(H,17,20). The van der Waals surface area contributed by atoms with Crippen LogP contribution in [0, 0.1) is 0 Å². The molecule has 0 radical (unpaired) electrons. The Balaban J connectivity index is 3.19. The molecule has 2 N–H and O–H groups in total. The Hall–Kier alpha value is -2.13. The Labute approximate surface area is 147 Å². The van der Waals surface area contributed by atoms with Crippen LogP contribution >= 0.6 is 0 Å². The van der Waals surface area contributed by atoms with E-state index < -0.39 is 27.6 Å². The molecule has 1 aromatic carbocycles. The topological polar surface area (TPSA) is 111 Å². The summed E-state index contributed by atoms with van der Waals surface area (Å²) in [6.07, 6.45) is -0.206. The lowest BCUT2D eigenvalue weighted by Crippen LogP contribution is -2.41.